The largest absolute Gasteiger partial charge is 0.493 e. The monoisotopic (exact) mass is 478 g/mol. The number of hydrogen-bond acceptors (Lipinski definition) is 7. The van der Waals surface area contributed by atoms with E-state index in [0.29, 0.717) is 23.7 Å². The number of benzene rings is 1. The molecule has 0 N–H and O–H groups in total. The van der Waals surface area contributed by atoms with Gasteiger partial charge in [-0.15, -0.1) is 0 Å². The summed E-state index contributed by atoms with van der Waals surface area (Å²) >= 11 is 0. The van der Waals surface area contributed by atoms with Crippen LogP contribution < -0.4 is 14.2 Å². The summed E-state index contributed by atoms with van der Waals surface area (Å²) in [4.78, 5) is 12.6. The molecule has 0 saturated carbocycles. The van der Waals surface area contributed by atoms with Gasteiger partial charge >= 0.3 is 5.97 Å². The van der Waals surface area contributed by atoms with Crippen LogP contribution in [-0.4, -0.2) is 60.0 Å². The molecule has 3 rings (SSSR count). The lowest BCUT2D eigenvalue weighted by Crippen LogP contribution is -2.46. The van der Waals surface area contributed by atoms with Gasteiger partial charge < -0.3 is 28.1 Å². The van der Waals surface area contributed by atoms with Crippen molar-refractivity contribution in [3.63, 3.8) is 0 Å². The van der Waals surface area contributed by atoms with Crippen LogP contribution in [0, 0.1) is 0 Å². The summed E-state index contributed by atoms with van der Waals surface area (Å²) in [6, 6.07) is 3.55. The molecule has 2 fully saturated rings. The second-order valence-corrected chi connectivity index (χ2v) is 15.0. The van der Waals surface area contributed by atoms with Crippen molar-refractivity contribution in [3.8, 4) is 17.2 Å². The molecular weight excluding hydrogens is 440 g/mol. The van der Waals surface area contributed by atoms with Gasteiger partial charge in [0.15, 0.2) is 19.8 Å². The number of ether oxygens (including phenoxy) is 5. The molecule has 2 aliphatic heterocycles. The first-order valence-electron chi connectivity index (χ1n) is 11.5. The van der Waals surface area contributed by atoms with Gasteiger partial charge in [0.1, 0.15) is 6.10 Å². The summed E-state index contributed by atoms with van der Waals surface area (Å²) in [7, 11) is 2.81. The van der Waals surface area contributed by atoms with Crippen molar-refractivity contribution in [3.05, 3.63) is 23.8 Å². The molecule has 33 heavy (non-hydrogen) atoms. The normalized spacial score (nSPS) is 25.2. The first kappa shape index (κ1) is 25.6. The van der Waals surface area contributed by atoms with Crippen LogP contribution in [0.3, 0.4) is 0 Å². The van der Waals surface area contributed by atoms with E-state index in [2.05, 4.69) is 33.9 Å². The number of carbonyl (C=O) groups is 1. The molecule has 0 amide bonds. The lowest BCUT2D eigenvalue weighted by molar-refractivity contribution is -0.147. The molecular formula is C25H38O7Si. The summed E-state index contributed by atoms with van der Waals surface area (Å²) in [5.41, 5.74) is 0.741. The SMILES string of the molecule is COc1cc(/C=C/C(=O)O[C@H]2C[C@@H]3C[C@H](O[Si](C)(C)C(C)(C)C)C[C@H]2O3)cc(OC)c1OC. The van der Waals surface area contributed by atoms with Crippen LogP contribution in [0.25, 0.3) is 6.08 Å². The van der Waals surface area contributed by atoms with Crippen LogP contribution in [0.5, 0.6) is 17.2 Å². The van der Waals surface area contributed by atoms with Crippen LogP contribution in [0.1, 0.15) is 45.6 Å². The summed E-state index contributed by atoms with van der Waals surface area (Å²) < 4.78 is 34.5. The number of methoxy groups -OCH3 is 3. The third kappa shape index (κ3) is 5.91. The van der Waals surface area contributed by atoms with E-state index in [1.807, 2.05) is 0 Å². The molecule has 0 spiro atoms. The van der Waals surface area contributed by atoms with E-state index in [0.717, 1.165) is 18.4 Å². The molecule has 4 atom stereocenters. The quantitative estimate of drug-likeness (QED) is 0.296. The highest BCUT2D eigenvalue weighted by molar-refractivity contribution is 6.74. The van der Waals surface area contributed by atoms with E-state index in [-0.39, 0.29) is 29.5 Å². The highest BCUT2D eigenvalue weighted by atomic mass is 28.4. The van der Waals surface area contributed by atoms with Crippen molar-refractivity contribution in [1.29, 1.82) is 0 Å². The average molecular weight is 479 g/mol. The van der Waals surface area contributed by atoms with Crippen molar-refractivity contribution < 1.29 is 32.9 Å². The Hall–Kier alpha value is -2.03. The van der Waals surface area contributed by atoms with Crippen molar-refractivity contribution in [2.75, 3.05) is 21.3 Å². The molecule has 0 aliphatic carbocycles. The van der Waals surface area contributed by atoms with Gasteiger partial charge in [0.25, 0.3) is 0 Å². The smallest absolute Gasteiger partial charge is 0.331 e. The fourth-order valence-corrected chi connectivity index (χ4v) is 5.55. The second kappa shape index (κ2) is 10.1. The zero-order valence-corrected chi connectivity index (χ0v) is 22.1. The van der Waals surface area contributed by atoms with E-state index in [4.69, 9.17) is 28.1 Å². The fraction of sp³-hybridized carbons (Fsp3) is 0.640. The van der Waals surface area contributed by atoms with Gasteiger partial charge in [0, 0.05) is 18.9 Å². The van der Waals surface area contributed by atoms with Crippen LogP contribution in [-0.2, 0) is 18.7 Å². The van der Waals surface area contributed by atoms with E-state index >= 15 is 0 Å². The standard InChI is InChI=1S/C25H38O7Si/c1-25(2,3)33(7,8)32-18-13-17-14-20(19(15-18)30-17)31-23(26)10-9-16-11-21(27-4)24(29-6)22(12-16)28-5/h9-12,17-20H,13-15H2,1-8H3/b10-9+/t17-,18-,19+,20-/m0/s1. The van der Waals surface area contributed by atoms with Crippen molar-refractivity contribution >= 4 is 20.4 Å². The van der Waals surface area contributed by atoms with E-state index in [1.54, 1.807) is 39.5 Å². The predicted molar refractivity (Wildman–Crippen MR) is 130 cm³/mol. The Morgan fingerprint density at radius 2 is 1.67 bits per heavy atom. The number of carbonyl (C=O) groups excluding carboxylic acids is 1. The van der Waals surface area contributed by atoms with Crippen LogP contribution in [0.4, 0.5) is 0 Å². The zero-order chi connectivity index (χ0) is 24.4. The summed E-state index contributed by atoms with van der Waals surface area (Å²) in [5, 5.41) is 0.161. The van der Waals surface area contributed by atoms with Crippen molar-refractivity contribution in [2.45, 2.75) is 82.6 Å². The maximum absolute atomic E-state index is 12.6. The predicted octanol–water partition coefficient (Wildman–Crippen LogP) is 4.98. The Kier molecular flexibility index (Phi) is 7.81. The molecule has 0 radical (unpaired) electrons. The molecule has 2 saturated heterocycles. The van der Waals surface area contributed by atoms with Gasteiger partial charge in [0.2, 0.25) is 5.75 Å². The minimum atomic E-state index is -1.85. The van der Waals surface area contributed by atoms with E-state index in [1.165, 1.54) is 6.08 Å². The minimum absolute atomic E-state index is 0.0791. The number of hydrogen-bond donors (Lipinski definition) is 0. The van der Waals surface area contributed by atoms with Crippen molar-refractivity contribution in [2.24, 2.45) is 0 Å². The van der Waals surface area contributed by atoms with Crippen LogP contribution >= 0.6 is 0 Å². The lowest BCUT2D eigenvalue weighted by Gasteiger charge is -2.41. The maximum Gasteiger partial charge on any atom is 0.331 e. The molecule has 1 aromatic carbocycles. The average Bonchev–Trinajstić information content (AvgIpc) is 3.02. The molecule has 0 unspecified atom stereocenters. The highest BCUT2D eigenvalue weighted by Crippen LogP contribution is 2.42. The molecule has 0 aromatic heterocycles. The Labute approximate surface area is 198 Å². The summed E-state index contributed by atoms with van der Waals surface area (Å²) in [5.74, 6) is 1.16. The van der Waals surface area contributed by atoms with Gasteiger partial charge in [0.05, 0.1) is 39.6 Å². The lowest BCUT2D eigenvalue weighted by atomic mass is 10.1. The summed E-state index contributed by atoms with van der Waals surface area (Å²) in [6.45, 7) is 11.3. The first-order valence-corrected chi connectivity index (χ1v) is 14.4. The topological polar surface area (TPSA) is 72.5 Å². The van der Waals surface area contributed by atoms with Crippen molar-refractivity contribution in [1.82, 2.24) is 0 Å². The van der Waals surface area contributed by atoms with Gasteiger partial charge in [-0.2, -0.15) is 0 Å². The highest BCUT2D eigenvalue weighted by Gasteiger charge is 2.47. The maximum atomic E-state index is 12.6. The first-order chi connectivity index (χ1) is 15.5. The number of esters is 1. The van der Waals surface area contributed by atoms with Gasteiger partial charge in [-0.05, 0) is 48.3 Å². The Morgan fingerprint density at radius 3 is 2.21 bits per heavy atom. The van der Waals surface area contributed by atoms with Gasteiger partial charge in [-0.25, -0.2) is 4.79 Å². The fourth-order valence-electron chi connectivity index (χ4n) is 4.17. The third-order valence-corrected chi connectivity index (χ3v) is 11.5. The molecule has 7 nitrogen and oxygen atoms in total. The zero-order valence-electron chi connectivity index (χ0n) is 21.1. The molecule has 2 bridgehead atoms. The van der Waals surface area contributed by atoms with Crippen LogP contribution in [0.15, 0.2) is 18.2 Å². The Balaban J connectivity index is 1.61. The summed E-state index contributed by atoms with van der Waals surface area (Å²) in [6.07, 6.45) is 5.31. The molecule has 2 heterocycles. The molecule has 8 heteroatoms. The Bertz CT molecular complexity index is 849. The van der Waals surface area contributed by atoms with Gasteiger partial charge in [-0.3, -0.25) is 0 Å². The minimum Gasteiger partial charge on any atom is -0.493 e. The number of fused-ring (bicyclic) bond motifs is 2. The number of rotatable bonds is 8. The second-order valence-electron chi connectivity index (χ2n) is 10.3. The molecule has 1 aromatic rings. The molecule has 184 valence electrons. The molecule has 2 aliphatic rings. The van der Waals surface area contributed by atoms with Gasteiger partial charge in [-0.1, -0.05) is 20.8 Å². The van der Waals surface area contributed by atoms with E-state index in [9.17, 15) is 4.79 Å². The van der Waals surface area contributed by atoms with E-state index < -0.39 is 14.3 Å². The third-order valence-electron chi connectivity index (χ3n) is 6.93. The Morgan fingerprint density at radius 1 is 1.03 bits per heavy atom. The van der Waals surface area contributed by atoms with Crippen LogP contribution in [0.2, 0.25) is 18.1 Å².